The Balaban J connectivity index is 1.95. The highest BCUT2D eigenvalue weighted by Crippen LogP contribution is 2.29. The van der Waals surface area contributed by atoms with Gasteiger partial charge in [0.2, 0.25) is 0 Å². The average Bonchev–Trinajstić information content (AvgIpc) is 2.46. The number of anilines is 1. The van der Waals surface area contributed by atoms with Crippen LogP contribution in [-0.2, 0) is 19.1 Å². The number of alkyl halides is 3. The van der Waals surface area contributed by atoms with Crippen LogP contribution >= 0.6 is 0 Å². The molecular formula is C16H13F3N2. The maximum Gasteiger partial charge on any atom is 0.416 e. The SMILES string of the molecule is N#CCc1ccc(NCc2ccc(C(F)(F)F)cc2)cc1. The molecule has 108 valence electrons. The van der Waals surface area contributed by atoms with E-state index in [1.165, 1.54) is 12.1 Å². The van der Waals surface area contributed by atoms with Crippen molar-refractivity contribution in [1.82, 2.24) is 0 Å². The molecule has 2 aromatic carbocycles. The molecule has 0 bridgehead atoms. The van der Waals surface area contributed by atoms with Gasteiger partial charge in [-0.05, 0) is 35.4 Å². The summed E-state index contributed by atoms with van der Waals surface area (Å²) < 4.78 is 37.3. The van der Waals surface area contributed by atoms with Gasteiger partial charge in [0.15, 0.2) is 0 Å². The molecule has 0 spiro atoms. The summed E-state index contributed by atoms with van der Waals surface area (Å²) in [7, 11) is 0. The minimum Gasteiger partial charge on any atom is -0.381 e. The molecule has 0 saturated carbocycles. The predicted molar refractivity (Wildman–Crippen MR) is 74.5 cm³/mol. The van der Waals surface area contributed by atoms with Gasteiger partial charge in [-0.25, -0.2) is 0 Å². The van der Waals surface area contributed by atoms with E-state index < -0.39 is 11.7 Å². The van der Waals surface area contributed by atoms with Gasteiger partial charge >= 0.3 is 6.18 Å². The van der Waals surface area contributed by atoms with E-state index in [4.69, 9.17) is 5.26 Å². The van der Waals surface area contributed by atoms with E-state index in [-0.39, 0.29) is 0 Å². The van der Waals surface area contributed by atoms with Crippen LogP contribution in [0.15, 0.2) is 48.5 Å². The first-order chi connectivity index (χ1) is 9.99. The first-order valence-electron chi connectivity index (χ1n) is 6.35. The Labute approximate surface area is 120 Å². The lowest BCUT2D eigenvalue weighted by Gasteiger charge is -2.09. The van der Waals surface area contributed by atoms with Gasteiger partial charge in [0, 0.05) is 12.2 Å². The van der Waals surface area contributed by atoms with Crippen LogP contribution in [0.1, 0.15) is 16.7 Å². The Hall–Kier alpha value is -2.48. The third-order valence-electron chi connectivity index (χ3n) is 3.02. The minimum absolute atomic E-state index is 0.360. The fourth-order valence-electron chi connectivity index (χ4n) is 1.85. The van der Waals surface area contributed by atoms with Crippen molar-refractivity contribution < 1.29 is 13.2 Å². The van der Waals surface area contributed by atoms with Crippen molar-refractivity contribution in [2.24, 2.45) is 0 Å². The fraction of sp³-hybridized carbons (Fsp3) is 0.188. The van der Waals surface area contributed by atoms with Crippen LogP contribution in [0.2, 0.25) is 0 Å². The molecule has 0 amide bonds. The van der Waals surface area contributed by atoms with Gasteiger partial charge in [0.25, 0.3) is 0 Å². The van der Waals surface area contributed by atoms with Crippen LogP contribution in [0.4, 0.5) is 18.9 Å². The third kappa shape index (κ3) is 4.25. The van der Waals surface area contributed by atoms with Crippen molar-refractivity contribution in [3.05, 3.63) is 65.2 Å². The Kier molecular flexibility index (Phi) is 4.49. The average molecular weight is 290 g/mol. The summed E-state index contributed by atoms with van der Waals surface area (Å²) in [6.45, 7) is 0.440. The second-order valence-electron chi connectivity index (χ2n) is 4.58. The molecule has 0 radical (unpaired) electrons. The maximum absolute atomic E-state index is 12.4. The summed E-state index contributed by atoms with van der Waals surface area (Å²) in [5.41, 5.74) is 1.91. The second kappa shape index (κ2) is 6.31. The molecule has 5 heteroatoms. The van der Waals surface area contributed by atoms with E-state index in [0.29, 0.717) is 13.0 Å². The second-order valence-corrected chi connectivity index (χ2v) is 4.58. The number of nitrogens with zero attached hydrogens (tertiary/aromatic N) is 1. The van der Waals surface area contributed by atoms with E-state index in [1.807, 2.05) is 24.3 Å². The third-order valence-corrected chi connectivity index (χ3v) is 3.02. The Bertz CT molecular complexity index is 623. The predicted octanol–water partition coefficient (Wildman–Crippen LogP) is 4.38. The summed E-state index contributed by atoms with van der Waals surface area (Å²) in [6.07, 6.45) is -3.94. The van der Waals surface area contributed by atoms with Crippen LogP contribution in [0.3, 0.4) is 0 Å². The number of nitrogens with one attached hydrogen (secondary N) is 1. The van der Waals surface area contributed by atoms with Crippen molar-refractivity contribution in [1.29, 1.82) is 5.26 Å². The molecule has 0 fully saturated rings. The van der Waals surface area contributed by atoms with Gasteiger partial charge < -0.3 is 5.32 Å². The van der Waals surface area contributed by atoms with E-state index in [2.05, 4.69) is 11.4 Å². The Morgan fingerprint density at radius 3 is 2.00 bits per heavy atom. The molecule has 2 aromatic rings. The number of halogens is 3. The summed E-state index contributed by atoms with van der Waals surface area (Å²) in [5, 5.41) is 11.7. The standard InChI is InChI=1S/C16H13F3N2/c17-16(18,19)14-5-1-13(2-6-14)11-21-15-7-3-12(4-8-15)9-10-20/h1-8,21H,9,11H2. The zero-order valence-corrected chi connectivity index (χ0v) is 11.1. The van der Waals surface area contributed by atoms with Gasteiger partial charge in [-0.1, -0.05) is 24.3 Å². The molecule has 0 heterocycles. The molecule has 0 aliphatic carbocycles. The number of nitriles is 1. The molecule has 0 aliphatic rings. The molecule has 0 saturated heterocycles. The van der Waals surface area contributed by atoms with Crippen LogP contribution in [0.5, 0.6) is 0 Å². The lowest BCUT2D eigenvalue weighted by Crippen LogP contribution is -2.05. The largest absolute Gasteiger partial charge is 0.416 e. The Morgan fingerprint density at radius 2 is 1.48 bits per heavy atom. The quantitative estimate of drug-likeness (QED) is 0.906. The van der Waals surface area contributed by atoms with Crippen molar-refractivity contribution in [2.75, 3.05) is 5.32 Å². The monoisotopic (exact) mass is 290 g/mol. The fourth-order valence-corrected chi connectivity index (χ4v) is 1.85. The molecule has 0 unspecified atom stereocenters. The van der Waals surface area contributed by atoms with Crippen LogP contribution in [0, 0.1) is 11.3 Å². The van der Waals surface area contributed by atoms with Crippen LogP contribution < -0.4 is 5.32 Å². The molecule has 0 aromatic heterocycles. The van der Waals surface area contributed by atoms with Gasteiger partial charge in [-0.3, -0.25) is 0 Å². The highest BCUT2D eigenvalue weighted by Gasteiger charge is 2.29. The normalized spacial score (nSPS) is 11.0. The smallest absolute Gasteiger partial charge is 0.381 e. The van der Waals surface area contributed by atoms with Crippen LogP contribution in [0.25, 0.3) is 0 Å². The van der Waals surface area contributed by atoms with E-state index >= 15 is 0 Å². The van der Waals surface area contributed by atoms with E-state index in [0.717, 1.165) is 28.9 Å². The highest BCUT2D eigenvalue weighted by molar-refractivity contribution is 5.45. The summed E-state index contributed by atoms with van der Waals surface area (Å²) in [6, 6.07) is 14.5. The lowest BCUT2D eigenvalue weighted by atomic mass is 10.1. The van der Waals surface area contributed by atoms with Gasteiger partial charge in [0.1, 0.15) is 0 Å². The number of hydrogen-bond donors (Lipinski definition) is 1. The van der Waals surface area contributed by atoms with Crippen molar-refractivity contribution in [3.8, 4) is 6.07 Å². The number of benzene rings is 2. The van der Waals surface area contributed by atoms with E-state index in [9.17, 15) is 13.2 Å². The maximum atomic E-state index is 12.4. The summed E-state index contributed by atoms with van der Waals surface area (Å²) >= 11 is 0. The van der Waals surface area contributed by atoms with Crippen molar-refractivity contribution in [2.45, 2.75) is 19.1 Å². The first-order valence-corrected chi connectivity index (χ1v) is 6.35. The molecule has 0 atom stereocenters. The molecule has 21 heavy (non-hydrogen) atoms. The zero-order chi connectivity index (χ0) is 15.3. The zero-order valence-electron chi connectivity index (χ0n) is 11.1. The minimum atomic E-state index is -4.30. The molecule has 2 rings (SSSR count). The van der Waals surface area contributed by atoms with Gasteiger partial charge in [0.05, 0.1) is 18.1 Å². The van der Waals surface area contributed by atoms with Crippen molar-refractivity contribution >= 4 is 5.69 Å². The summed E-state index contributed by atoms with van der Waals surface area (Å²) in [4.78, 5) is 0. The topological polar surface area (TPSA) is 35.8 Å². The number of rotatable bonds is 4. The molecule has 2 nitrogen and oxygen atoms in total. The van der Waals surface area contributed by atoms with E-state index in [1.54, 1.807) is 0 Å². The van der Waals surface area contributed by atoms with Gasteiger partial charge in [-0.15, -0.1) is 0 Å². The summed E-state index contributed by atoms with van der Waals surface area (Å²) in [5.74, 6) is 0. The molecular weight excluding hydrogens is 277 g/mol. The molecule has 1 N–H and O–H groups in total. The Morgan fingerprint density at radius 1 is 0.905 bits per heavy atom. The van der Waals surface area contributed by atoms with Gasteiger partial charge in [-0.2, -0.15) is 18.4 Å². The molecule has 0 aliphatic heterocycles. The van der Waals surface area contributed by atoms with Crippen LogP contribution in [-0.4, -0.2) is 0 Å². The van der Waals surface area contributed by atoms with Crippen molar-refractivity contribution in [3.63, 3.8) is 0 Å². The number of hydrogen-bond acceptors (Lipinski definition) is 2. The highest BCUT2D eigenvalue weighted by atomic mass is 19.4. The lowest BCUT2D eigenvalue weighted by molar-refractivity contribution is -0.137. The first kappa shape index (κ1) is 14.9.